The molecule has 98 valence electrons. The molecule has 1 rings (SSSR count). The van der Waals surface area contributed by atoms with Crippen molar-refractivity contribution in [2.75, 3.05) is 17.7 Å². The fourth-order valence-corrected chi connectivity index (χ4v) is 1.46. The minimum atomic E-state index is -0.131. The second kappa shape index (κ2) is 7.71. The van der Waals surface area contributed by atoms with Crippen molar-refractivity contribution in [1.29, 1.82) is 0 Å². The zero-order valence-corrected chi connectivity index (χ0v) is 11.1. The van der Waals surface area contributed by atoms with Crippen molar-refractivity contribution >= 4 is 29.1 Å². The molecule has 2 N–H and O–H groups in total. The number of rotatable bonds is 6. The summed E-state index contributed by atoms with van der Waals surface area (Å²) in [4.78, 5) is 22.8. The summed E-state index contributed by atoms with van der Waals surface area (Å²) >= 11 is 5.52. The monoisotopic (exact) mass is 268 g/mol. The average Bonchev–Trinajstić information content (AvgIpc) is 2.39. The summed E-state index contributed by atoms with van der Waals surface area (Å²) in [6.07, 6.45) is 1.18. The predicted molar refractivity (Wildman–Crippen MR) is 73.0 cm³/mol. The third-order valence-corrected chi connectivity index (χ3v) is 2.62. The number of carbonyl (C=O) groups excluding carboxylic acids is 2. The van der Waals surface area contributed by atoms with Gasteiger partial charge in [0.2, 0.25) is 5.91 Å². The van der Waals surface area contributed by atoms with Crippen molar-refractivity contribution in [3.63, 3.8) is 0 Å². The van der Waals surface area contributed by atoms with Crippen LogP contribution in [0.5, 0.6) is 0 Å². The Morgan fingerprint density at radius 2 is 1.89 bits per heavy atom. The molecule has 0 aromatic heterocycles. The van der Waals surface area contributed by atoms with Gasteiger partial charge >= 0.3 is 0 Å². The largest absolute Gasteiger partial charge is 0.352 e. The van der Waals surface area contributed by atoms with Crippen molar-refractivity contribution in [3.05, 3.63) is 29.8 Å². The van der Waals surface area contributed by atoms with Crippen LogP contribution in [0.3, 0.4) is 0 Å². The van der Waals surface area contributed by atoms with Crippen molar-refractivity contribution < 1.29 is 9.59 Å². The van der Waals surface area contributed by atoms with Crippen LogP contribution in [0.2, 0.25) is 0 Å². The zero-order chi connectivity index (χ0) is 13.4. The lowest BCUT2D eigenvalue weighted by Crippen LogP contribution is -2.24. The number of hydrogen-bond donors (Lipinski definition) is 2. The first-order valence-electron chi connectivity index (χ1n) is 5.91. The van der Waals surface area contributed by atoms with E-state index in [0.29, 0.717) is 30.1 Å². The van der Waals surface area contributed by atoms with Crippen LogP contribution in [0, 0.1) is 0 Å². The first-order valence-corrected chi connectivity index (χ1v) is 6.45. The molecule has 0 heterocycles. The number of carbonyl (C=O) groups is 2. The van der Waals surface area contributed by atoms with Gasteiger partial charge in [0, 0.05) is 30.1 Å². The summed E-state index contributed by atoms with van der Waals surface area (Å²) in [7, 11) is 0. The van der Waals surface area contributed by atoms with Crippen LogP contribution >= 0.6 is 11.6 Å². The lowest BCUT2D eigenvalue weighted by atomic mass is 10.2. The quantitative estimate of drug-likeness (QED) is 0.615. The second-order valence-corrected chi connectivity index (χ2v) is 4.16. The molecular formula is C13H17ClN2O2. The van der Waals surface area contributed by atoms with Crippen LogP contribution in [-0.4, -0.2) is 24.2 Å². The Balaban J connectivity index is 2.54. The summed E-state index contributed by atoms with van der Waals surface area (Å²) in [6, 6.07) is 6.79. The Morgan fingerprint density at radius 1 is 1.22 bits per heavy atom. The van der Waals surface area contributed by atoms with Crippen LogP contribution in [0.1, 0.15) is 30.1 Å². The molecule has 0 bridgehead atoms. The van der Waals surface area contributed by atoms with Gasteiger partial charge in [0.15, 0.2) is 0 Å². The maximum absolute atomic E-state index is 11.7. The third-order valence-electron chi connectivity index (χ3n) is 2.35. The van der Waals surface area contributed by atoms with E-state index in [2.05, 4.69) is 10.6 Å². The van der Waals surface area contributed by atoms with Gasteiger partial charge < -0.3 is 10.6 Å². The fraction of sp³-hybridized carbons (Fsp3) is 0.385. The van der Waals surface area contributed by atoms with Gasteiger partial charge in [0.25, 0.3) is 5.91 Å². The maximum atomic E-state index is 11.7. The summed E-state index contributed by atoms with van der Waals surface area (Å²) in [6.45, 7) is 2.35. The fourth-order valence-electron chi connectivity index (χ4n) is 1.33. The van der Waals surface area contributed by atoms with Gasteiger partial charge in [-0.1, -0.05) is 6.92 Å². The molecule has 0 unspecified atom stereocenters. The van der Waals surface area contributed by atoms with E-state index in [1.54, 1.807) is 31.2 Å². The lowest BCUT2D eigenvalue weighted by Gasteiger charge is -2.06. The molecule has 0 aliphatic carbocycles. The van der Waals surface area contributed by atoms with E-state index in [4.69, 9.17) is 11.6 Å². The number of amides is 2. The Kier molecular flexibility index (Phi) is 6.22. The van der Waals surface area contributed by atoms with E-state index in [9.17, 15) is 9.59 Å². The standard InChI is InChI=1S/C13H17ClN2O2/c1-2-12(17)16-11-6-4-10(5-7-11)13(18)15-9-3-8-14/h4-7H,2-3,8-9H2,1H3,(H,15,18)(H,16,17). The van der Waals surface area contributed by atoms with Crippen LogP contribution in [0.15, 0.2) is 24.3 Å². The van der Waals surface area contributed by atoms with E-state index in [1.165, 1.54) is 0 Å². The average molecular weight is 269 g/mol. The Morgan fingerprint density at radius 3 is 2.44 bits per heavy atom. The third kappa shape index (κ3) is 4.75. The van der Waals surface area contributed by atoms with E-state index >= 15 is 0 Å². The number of anilines is 1. The molecule has 0 saturated heterocycles. The number of benzene rings is 1. The molecule has 1 aromatic rings. The first-order chi connectivity index (χ1) is 8.67. The first kappa shape index (κ1) is 14.5. The zero-order valence-electron chi connectivity index (χ0n) is 10.3. The SMILES string of the molecule is CCC(=O)Nc1ccc(C(=O)NCCCCl)cc1. The molecule has 0 spiro atoms. The molecule has 5 heteroatoms. The Labute approximate surface area is 112 Å². The summed E-state index contributed by atoms with van der Waals surface area (Å²) < 4.78 is 0. The van der Waals surface area contributed by atoms with E-state index in [1.807, 2.05) is 0 Å². The molecule has 0 aliphatic heterocycles. The summed E-state index contributed by atoms with van der Waals surface area (Å²) in [5.41, 5.74) is 1.26. The predicted octanol–water partition coefficient (Wildman–Crippen LogP) is 2.39. The maximum Gasteiger partial charge on any atom is 0.251 e. The number of nitrogens with one attached hydrogen (secondary N) is 2. The minimum Gasteiger partial charge on any atom is -0.352 e. The van der Waals surface area contributed by atoms with Crippen LogP contribution in [-0.2, 0) is 4.79 Å². The minimum absolute atomic E-state index is 0.0469. The molecule has 0 atom stereocenters. The Hall–Kier alpha value is -1.55. The van der Waals surface area contributed by atoms with Crippen molar-refractivity contribution in [2.45, 2.75) is 19.8 Å². The smallest absolute Gasteiger partial charge is 0.251 e. The van der Waals surface area contributed by atoms with Gasteiger partial charge in [-0.15, -0.1) is 11.6 Å². The van der Waals surface area contributed by atoms with Crippen molar-refractivity contribution in [2.24, 2.45) is 0 Å². The Bertz CT molecular complexity index is 404. The van der Waals surface area contributed by atoms with Crippen LogP contribution in [0.25, 0.3) is 0 Å². The van der Waals surface area contributed by atoms with Gasteiger partial charge in [0.1, 0.15) is 0 Å². The molecule has 0 saturated carbocycles. The molecule has 2 amide bonds. The summed E-state index contributed by atoms with van der Waals surface area (Å²) in [5, 5.41) is 5.48. The second-order valence-electron chi connectivity index (χ2n) is 3.78. The molecule has 1 aromatic carbocycles. The topological polar surface area (TPSA) is 58.2 Å². The van der Waals surface area contributed by atoms with Crippen LogP contribution < -0.4 is 10.6 Å². The highest BCUT2D eigenvalue weighted by atomic mass is 35.5. The van der Waals surface area contributed by atoms with Crippen molar-refractivity contribution in [3.8, 4) is 0 Å². The van der Waals surface area contributed by atoms with Gasteiger partial charge in [-0.2, -0.15) is 0 Å². The normalized spacial score (nSPS) is 9.89. The number of alkyl halides is 1. The van der Waals surface area contributed by atoms with Gasteiger partial charge in [0.05, 0.1) is 0 Å². The molecule has 0 radical (unpaired) electrons. The van der Waals surface area contributed by atoms with Gasteiger partial charge in [-0.05, 0) is 30.7 Å². The highest BCUT2D eigenvalue weighted by Gasteiger charge is 2.05. The van der Waals surface area contributed by atoms with Crippen molar-refractivity contribution in [1.82, 2.24) is 5.32 Å². The molecule has 4 nitrogen and oxygen atoms in total. The number of hydrogen-bond acceptors (Lipinski definition) is 2. The van der Waals surface area contributed by atoms with E-state index < -0.39 is 0 Å². The lowest BCUT2D eigenvalue weighted by molar-refractivity contribution is -0.115. The van der Waals surface area contributed by atoms with E-state index in [-0.39, 0.29) is 11.8 Å². The van der Waals surface area contributed by atoms with Crippen LogP contribution in [0.4, 0.5) is 5.69 Å². The molecule has 0 fully saturated rings. The van der Waals surface area contributed by atoms with Gasteiger partial charge in [-0.25, -0.2) is 0 Å². The molecular weight excluding hydrogens is 252 g/mol. The highest BCUT2D eigenvalue weighted by Crippen LogP contribution is 2.09. The van der Waals surface area contributed by atoms with Gasteiger partial charge in [-0.3, -0.25) is 9.59 Å². The number of halogens is 1. The summed E-state index contributed by atoms with van der Waals surface area (Å²) in [5.74, 6) is 0.352. The molecule has 0 aliphatic rings. The van der Waals surface area contributed by atoms with E-state index in [0.717, 1.165) is 6.42 Å². The molecule has 18 heavy (non-hydrogen) atoms. The highest BCUT2D eigenvalue weighted by molar-refractivity contribution is 6.17.